The van der Waals surface area contributed by atoms with E-state index < -0.39 is 18.2 Å². The molecule has 0 bridgehead atoms. The number of hydrogen-bond acceptors (Lipinski definition) is 5. The second kappa shape index (κ2) is 10.8. The molecule has 2 aromatic carbocycles. The number of carboxylic acids is 1. The summed E-state index contributed by atoms with van der Waals surface area (Å²) in [7, 11) is 0. The average molecular weight is 473 g/mol. The minimum Gasteiger partial charge on any atom is -0.475 e. The van der Waals surface area contributed by atoms with Gasteiger partial charge in [-0.2, -0.15) is 13.2 Å². The van der Waals surface area contributed by atoms with Gasteiger partial charge in [0.2, 0.25) is 5.91 Å². The number of halogens is 3. The molecule has 0 saturated carbocycles. The molecule has 4 rings (SSSR count). The number of carboxylic acid groups (broad SMARTS) is 1. The van der Waals surface area contributed by atoms with Crippen LogP contribution in [0.4, 0.5) is 18.9 Å². The Hall–Kier alpha value is -3.92. The number of fused-ring (bicyclic) bond motifs is 1. The first-order chi connectivity index (χ1) is 16.1. The molecule has 0 radical (unpaired) electrons. The molecule has 178 valence electrons. The molecule has 1 aromatic heterocycles. The van der Waals surface area contributed by atoms with E-state index in [9.17, 15) is 18.0 Å². The Morgan fingerprint density at radius 2 is 1.74 bits per heavy atom. The lowest BCUT2D eigenvalue weighted by Crippen LogP contribution is -2.40. The quantitative estimate of drug-likeness (QED) is 0.503. The molecule has 0 fully saturated rings. The number of nitrogens with one attached hydrogen (secondary N) is 1. The highest BCUT2D eigenvalue weighted by Crippen LogP contribution is 2.35. The highest BCUT2D eigenvalue weighted by Gasteiger charge is 2.38. The van der Waals surface area contributed by atoms with Crippen molar-refractivity contribution in [2.75, 3.05) is 5.32 Å². The predicted molar refractivity (Wildman–Crippen MR) is 119 cm³/mol. The Balaban J connectivity index is 0.000000406. The zero-order valence-corrected chi connectivity index (χ0v) is 17.8. The van der Waals surface area contributed by atoms with Crippen molar-refractivity contribution in [2.24, 2.45) is 5.73 Å². The number of hydrogen-bond donors (Lipinski definition) is 3. The van der Waals surface area contributed by atoms with E-state index in [-0.39, 0.29) is 11.8 Å². The van der Waals surface area contributed by atoms with Crippen molar-refractivity contribution in [3.63, 3.8) is 0 Å². The highest BCUT2D eigenvalue weighted by atomic mass is 19.4. The number of carbonyl (C=O) groups excluding carboxylic acids is 1. The summed E-state index contributed by atoms with van der Waals surface area (Å²) in [5.41, 5.74) is 9.44. The molecular formula is C24H22F3N3O4. The molecule has 1 amide bonds. The zero-order valence-electron chi connectivity index (χ0n) is 17.8. The van der Waals surface area contributed by atoms with Crippen molar-refractivity contribution in [3.8, 4) is 11.5 Å². The Morgan fingerprint density at radius 3 is 2.41 bits per heavy atom. The number of pyridine rings is 1. The van der Waals surface area contributed by atoms with Gasteiger partial charge in [0.05, 0.1) is 6.04 Å². The van der Waals surface area contributed by atoms with Gasteiger partial charge in [0.1, 0.15) is 11.5 Å². The van der Waals surface area contributed by atoms with E-state index in [4.69, 9.17) is 20.4 Å². The summed E-state index contributed by atoms with van der Waals surface area (Å²) >= 11 is 0. The van der Waals surface area contributed by atoms with Crippen molar-refractivity contribution < 1.29 is 32.6 Å². The van der Waals surface area contributed by atoms with Crippen LogP contribution in [0.1, 0.15) is 23.5 Å². The van der Waals surface area contributed by atoms with E-state index >= 15 is 0 Å². The summed E-state index contributed by atoms with van der Waals surface area (Å²) in [5.74, 6) is -1.56. The van der Waals surface area contributed by atoms with Gasteiger partial charge in [-0.05, 0) is 48.2 Å². The van der Waals surface area contributed by atoms with Crippen molar-refractivity contribution in [3.05, 3.63) is 84.2 Å². The van der Waals surface area contributed by atoms with Crippen molar-refractivity contribution >= 4 is 17.6 Å². The number of rotatable bonds is 5. The standard InChI is InChI=1S/C22H21N3O2.C2HF3O2/c23-21(20-9-8-15-4-1-2-7-19(15)20)22(26)25-16-5-3-6-18(14-16)27-17-10-12-24-13-11-17;3-2(4,5)1(6)7/h1-7,10-14,20-21H,8-9,23H2,(H,25,26);(H,6,7). The van der Waals surface area contributed by atoms with Crippen LogP contribution in [0.25, 0.3) is 0 Å². The van der Waals surface area contributed by atoms with Crippen LogP contribution in [0.5, 0.6) is 11.5 Å². The first kappa shape index (κ1) is 24.7. The number of aryl methyl sites for hydroxylation is 1. The minimum absolute atomic E-state index is 0.0532. The van der Waals surface area contributed by atoms with Crippen molar-refractivity contribution in [1.82, 2.24) is 4.98 Å². The molecule has 0 aliphatic heterocycles. The summed E-state index contributed by atoms with van der Waals surface area (Å²) in [5, 5.41) is 10.0. The van der Waals surface area contributed by atoms with Crippen LogP contribution in [0.2, 0.25) is 0 Å². The van der Waals surface area contributed by atoms with Crippen molar-refractivity contribution in [2.45, 2.75) is 31.0 Å². The van der Waals surface area contributed by atoms with Crippen LogP contribution in [-0.4, -0.2) is 34.2 Å². The van der Waals surface area contributed by atoms with Crippen LogP contribution in [-0.2, 0) is 16.0 Å². The number of ether oxygens (including phenoxy) is 1. The number of amides is 1. The first-order valence-corrected chi connectivity index (χ1v) is 10.3. The fraction of sp³-hybridized carbons (Fsp3) is 0.208. The summed E-state index contributed by atoms with van der Waals surface area (Å²) in [4.78, 5) is 25.6. The normalized spacial score (nSPS) is 15.4. The number of alkyl halides is 3. The molecule has 2 atom stereocenters. The zero-order chi connectivity index (χ0) is 24.7. The minimum atomic E-state index is -5.08. The van der Waals surface area contributed by atoms with Gasteiger partial charge in [-0.3, -0.25) is 9.78 Å². The molecule has 1 heterocycles. The highest BCUT2D eigenvalue weighted by molar-refractivity contribution is 5.95. The maximum Gasteiger partial charge on any atom is 0.490 e. The van der Waals surface area contributed by atoms with Gasteiger partial charge in [-0.15, -0.1) is 0 Å². The third-order valence-electron chi connectivity index (χ3n) is 5.15. The topological polar surface area (TPSA) is 115 Å². The van der Waals surface area contributed by atoms with Gasteiger partial charge in [-0.25, -0.2) is 4.79 Å². The van der Waals surface area contributed by atoms with Gasteiger partial charge >= 0.3 is 12.1 Å². The lowest BCUT2D eigenvalue weighted by Gasteiger charge is -2.20. The molecule has 34 heavy (non-hydrogen) atoms. The van der Waals surface area contributed by atoms with Crippen LogP contribution in [0, 0.1) is 0 Å². The molecule has 2 unspecified atom stereocenters. The van der Waals surface area contributed by atoms with Gasteiger partial charge in [0.25, 0.3) is 0 Å². The Labute approximate surface area is 193 Å². The van der Waals surface area contributed by atoms with Gasteiger partial charge in [0, 0.05) is 30.1 Å². The van der Waals surface area contributed by atoms with Gasteiger partial charge < -0.3 is 20.9 Å². The fourth-order valence-electron chi connectivity index (χ4n) is 3.55. The number of benzene rings is 2. The fourth-order valence-corrected chi connectivity index (χ4v) is 3.55. The molecule has 7 nitrogen and oxygen atoms in total. The van der Waals surface area contributed by atoms with E-state index in [0.717, 1.165) is 12.8 Å². The van der Waals surface area contributed by atoms with E-state index in [2.05, 4.69) is 22.4 Å². The van der Waals surface area contributed by atoms with Crippen LogP contribution in [0.15, 0.2) is 73.1 Å². The van der Waals surface area contributed by atoms with E-state index in [0.29, 0.717) is 17.2 Å². The summed E-state index contributed by atoms with van der Waals surface area (Å²) in [6.45, 7) is 0. The lowest BCUT2D eigenvalue weighted by atomic mass is 9.93. The Bertz CT molecular complexity index is 1140. The van der Waals surface area contributed by atoms with E-state index in [1.165, 1.54) is 11.1 Å². The maximum atomic E-state index is 12.7. The first-order valence-electron chi connectivity index (χ1n) is 10.3. The largest absolute Gasteiger partial charge is 0.490 e. The molecular weight excluding hydrogens is 451 g/mol. The van der Waals surface area contributed by atoms with Gasteiger partial charge in [-0.1, -0.05) is 30.3 Å². The van der Waals surface area contributed by atoms with E-state index in [1.807, 2.05) is 30.3 Å². The molecule has 1 aliphatic rings. The molecule has 0 spiro atoms. The van der Waals surface area contributed by atoms with Crippen LogP contribution >= 0.6 is 0 Å². The molecule has 0 saturated heterocycles. The molecule has 4 N–H and O–H groups in total. The number of aliphatic carboxylic acids is 1. The smallest absolute Gasteiger partial charge is 0.475 e. The third kappa shape index (κ3) is 6.55. The van der Waals surface area contributed by atoms with Crippen LogP contribution in [0.3, 0.4) is 0 Å². The molecule has 10 heteroatoms. The Morgan fingerprint density at radius 1 is 1.06 bits per heavy atom. The summed E-state index contributed by atoms with van der Waals surface area (Å²) in [6.07, 6.45) is 0.120. The number of nitrogens with zero attached hydrogens (tertiary/aromatic N) is 1. The number of anilines is 1. The van der Waals surface area contributed by atoms with Crippen LogP contribution < -0.4 is 15.8 Å². The SMILES string of the molecule is NC(C(=O)Nc1cccc(Oc2ccncc2)c1)C1CCc2ccccc21.O=C(O)C(F)(F)F. The second-order valence-electron chi connectivity index (χ2n) is 7.47. The number of nitrogens with two attached hydrogens (primary N) is 1. The van der Waals surface area contributed by atoms with Crippen molar-refractivity contribution in [1.29, 1.82) is 0 Å². The maximum absolute atomic E-state index is 12.7. The predicted octanol–water partition coefficient (Wildman–Crippen LogP) is 4.50. The Kier molecular flexibility index (Phi) is 7.85. The molecule has 1 aliphatic carbocycles. The summed E-state index contributed by atoms with van der Waals surface area (Å²) in [6, 6.07) is 18.5. The molecule has 3 aromatic rings. The second-order valence-corrected chi connectivity index (χ2v) is 7.47. The number of carbonyl (C=O) groups is 2. The van der Waals surface area contributed by atoms with Gasteiger partial charge in [0.15, 0.2) is 0 Å². The number of aromatic nitrogens is 1. The van der Waals surface area contributed by atoms with E-state index in [1.54, 1.807) is 30.6 Å². The lowest BCUT2D eigenvalue weighted by molar-refractivity contribution is -0.192. The average Bonchev–Trinajstić information content (AvgIpc) is 3.23. The monoisotopic (exact) mass is 473 g/mol. The third-order valence-corrected chi connectivity index (χ3v) is 5.15. The summed E-state index contributed by atoms with van der Waals surface area (Å²) < 4.78 is 37.5.